The van der Waals surface area contributed by atoms with Crippen molar-refractivity contribution in [3.05, 3.63) is 22.4 Å². The van der Waals surface area contributed by atoms with Gasteiger partial charge in [0.1, 0.15) is 0 Å². The van der Waals surface area contributed by atoms with Crippen LogP contribution in [-0.4, -0.2) is 44.0 Å². The summed E-state index contributed by atoms with van der Waals surface area (Å²) in [5.74, 6) is 0.772. The lowest BCUT2D eigenvalue weighted by Crippen LogP contribution is -2.49. The molecule has 1 amide bonds. The number of carbonyl (C=O) groups is 1. The first-order chi connectivity index (χ1) is 9.58. The lowest BCUT2D eigenvalue weighted by atomic mass is 9.94. The topological polar surface area (TPSA) is 44.4 Å². The van der Waals surface area contributed by atoms with Gasteiger partial charge in [0.15, 0.2) is 0 Å². The maximum atomic E-state index is 12.3. The van der Waals surface area contributed by atoms with Crippen molar-refractivity contribution in [1.29, 1.82) is 0 Å². The highest BCUT2D eigenvalue weighted by atomic mass is 32.1. The monoisotopic (exact) mass is 295 g/mol. The van der Waals surface area contributed by atoms with Crippen molar-refractivity contribution >= 4 is 17.2 Å². The molecule has 0 spiro atoms. The largest absolute Gasteiger partial charge is 0.353 e. The molecule has 4 nitrogen and oxygen atoms in total. The van der Waals surface area contributed by atoms with Crippen molar-refractivity contribution in [1.82, 2.24) is 15.5 Å². The third kappa shape index (κ3) is 4.04. The number of carbonyl (C=O) groups excluding carboxylic acids is 1. The van der Waals surface area contributed by atoms with Crippen molar-refractivity contribution in [2.24, 2.45) is 5.92 Å². The van der Waals surface area contributed by atoms with Gasteiger partial charge in [-0.15, -0.1) is 11.3 Å². The third-order valence-corrected chi connectivity index (χ3v) is 4.92. The predicted molar refractivity (Wildman–Crippen MR) is 83.9 cm³/mol. The van der Waals surface area contributed by atoms with Crippen LogP contribution in [-0.2, 0) is 4.79 Å². The SMILES string of the molecule is CC1CCNC(C(=O)NCC(c2cccs2)N(C)C)C1. The van der Waals surface area contributed by atoms with E-state index in [0.29, 0.717) is 12.5 Å². The van der Waals surface area contributed by atoms with Crippen LogP contribution in [0.1, 0.15) is 30.7 Å². The zero-order valence-corrected chi connectivity index (χ0v) is 13.4. The Hall–Kier alpha value is -0.910. The molecule has 3 unspecified atom stereocenters. The highest BCUT2D eigenvalue weighted by Gasteiger charge is 2.25. The quantitative estimate of drug-likeness (QED) is 0.871. The Morgan fingerprint density at radius 2 is 2.40 bits per heavy atom. The van der Waals surface area contributed by atoms with Gasteiger partial charge >= 0.3 is 0 Å². The summed E-state index contributed by atoms with van der Waals surface area (Å²) in [6.45, 7) is 3.83. The number of nitrogens with one attached hydrogen (secondary N) is 2. The first-order valence-electron chi connectivity index (χ1n) is 7.29. The molecule has 2 N–H and O–H groups in total. The fraction of sp³-hybridized carbons (Fsp3) is 0.667. The molecule has 0 saturated carbocycles. The number of hydrogen-bond donors (Lipinski definition) is 2. The van der Waals surface area contributed by atoms with E-state index in [-0.39, 0.29) is 18.0 Å². The van der Waals surface area contributed by atoms with E-state index in [2.05, 4.69) is 54.1 Å². The van der Waals surface area contributed by atoms with E-state index in [9.17, 15) is 4.79 Å². The molecule has 0 aliphatic carbocycles. The molecule has 20 heavy (non-hydrogen) atoms. The summed E-state index contributed by atoms with van der Waals surface area (Å²) in [6.07, 6.45) is 2.11. The van der Waals surface area contributed by atoms with Crippen molar-refractivity contribution in [2.75, 3.05) is 27.2 Å². The molecule has 112 valence electrons. The Kier molecular flexibility index (Phi) is 5.57. The van der Waals surface area contributed by atoms with Gasteiger partial charge in [0.25, 0.3) is 0 Å². The summed E-state index contributed by atoms with van der Waals surface area (Å²) in [5, 5.41) is 8.50. The first kappa shape index (κ1) is 15.5. The Morgan fingerprint density at radius 1 is 1.60 bits per heavy atom. The number of nitrogens with zero attached hydrogens (tertiary/aromatic N) is 1. The van der Waals surface area contributed by atoms with Gasteiger partial charge in [-0.1, -0.05) is 13.0 Å². The molecule has 1 aromatic rings. The minimum Gasteiger partial charge on any atom is -0.353 e. The number of piperidine rings is 1. The van der Waals surface area contributed by atoms with Crippen LogP contribution in [0.2, 0.25) is 0 Å². The standard InChI is InChI=1S/C15H25N3OS/c1-11-6-7-16-12(9-11)15(19)17-10-13(18(2)3)14-5-4-8-20-14/h4-5,8,11-13,16H,6-7,9-10H2,1-3H3,(H,17,19). The van der Waals surface area contributed by atoms with Crippen molar-refractivity contribution in [2.45, 2.75) is 31.8 Å². The van der Waals surface area contributed by atoms with Crippen LogP contribution in [0.4, 0.5) is 0 Å². The lowest BCUT2D eigenvalue weighted by molar-refractivity contribution is -0.124. The highest BCUT2D eigenvalue weighted by Crippen LogP contribution is 2.22. The van der Waals surface area contributed by atoms with Crippen molar-refractivity contribution in [3.8, 4) is 0 Å². The average molecular weight is 295 g/mol. The predicted octanol–water partition coefficient (Wildman–Crippen LogP) is 1.86. The maximum absolute atomic E-state index is 12.3. The van der Waals surface area contributed by atoms with Crippen molar-refractivity contribution < 1.29 is 4.79 Å². The van der Waals surface area contributed by atoms with E-state index in [0.717, 1.165) is 13.0 Å². The van der Waals surface area contributed by atoms with Gasteiger partial charge in [0.2, 0.25) is 5.91 Å². The summed E-state index contributed by atoms with van der Waals surface area (Å²) in [4.78, 5) is 15.7. The van der Waals surface area contributed by atoms with Crippen molar-refractivity contribution in [3.63, 3.8) is 0 Å². The minimum atomic E-state index is -0.0232. The third-order valence-electron chi connectivity index (χ3n) is 3.95. The number of amides is 1. The van der Waals surface area contributed by atoms with Gasteiger partial charge in [0, 0.05) is 11.4 Å². The highest BCUT2D eigenvalue weighted by molar-refractivity contribution is 7.10. The normalized spacial score (nSPS) is 24.6. The second-order valence-corrected chi connectivity index (χ2v) is 6.86. The molecule has 3 atom stereocenters. The van der Waals surface area contributed by atoms with Crippen LogP contribution in [0.25, 0.3) is 0 Å². The Morgan fingerprint density at radius 3 is 3.00 bits per heavy atom. The Balaban J connectivity index is 1.87. The zero-order chi connectivity index (χ0) is 14.5. The van der Waals surface area contributed by atoms with Gasteiger partial charge in [-0.2, -0.15) is 0 Å². The van der Waals surface area contributed by atoms with E-state index in [1.807, 2.05) is 0 Å². The average Bonchev–Trinajstić information content (AvgIpc) is 2.92. The molecular weight excluding hydrogens is 270 g/mol. The molecule has 2 rings (SSSR count). The molecule has 5 heteroatoms. The summed E-state index contributed by atoms with van der Waals surface area (Å²) in [5.41, 5.74) is 0. The van der Waals surface area contributed by atoms with Crippen LogP contribution in [0, 0.1) is 5.92 Å². The second kappa shape index (κ2) is 7.20. The van der Waals surface area contributed by atoms with Crippen LogP contribution >= 0.6 is 11.3 Å². The van der Waals surface area contributed by atoms with E-state index in [1.165, 1.54) is 11.3 Å². The molecular formula is C15H25N3OS. The molecule has 2 heterocycles. The van der Waals surface area contributed by atoms with Gasteiger partial charge < -0.3 is 15.5 Å². The van der Waals surface area contributed by atoms with Gasteiger partial charge in [-0.3, -0.25) is 4.79 Å². The minimum absolute atomic E-state index is 0.0232. The van der Waals surface area contributed by atoms with Crippen LogP contribution in [0.3, 0.4) is 0 Å². The maximum Gasteiger partial charge on any atom is 0.237 e. The molecule has 0 aromatic carbocycles. The second-order valence-electron chi connectivity index (χ2n) is 5.88. The Bertz CT molecular complexity index is 419. The number of thiophene rings is 1. The van der Waals surface area contributed by atoms with E-state index < -0.39 is 0 Å². The van der Waals surface area contributed by atoms with Crippen LogP contribution in [0.15, 0.2) is 17.5 Å². The first-order valence-corrected chi connectivity index (χ1v) is 8.17. The van der Waals surface area contributed by atoms with E-state index in [4.69, 9.17) is 0 Å². The number of likely N-dealkylation sites (N-methyl/N-ethyl adjacent to an activating group) is 1. The van der Waals surface area contributed by atoms with Crippen LogP contribution < -0.4 is 10.6 Å². The van der Waals surface area contributed by atoms with E-state index >= 15 is 0 Å². The number of rotatable bonds is 5. The summed E-state index contributed by atoms with van der Waals surface area (Å²) >= 11 is 1.74. The Labute approximate surface area is 125 Å². The molecule has 1 aliphatic rings. The van der Waals surface area contributed by atoms with E-state index in [1.54, 1.807) is 11.3 Å². The van der Waals surface area contributed by atoms with Gasteiger partial charge in [0.05, 0.1) is 12.1 Å². The molecule has 0 radical (unpaired) electrons. The summed E-state index contributed by atoms with van der Waals surface area (Å²) < 4.78 is 0. The summed E-state index contributed by atoms with van der Waals surface area (Å²) in [7, 11) is 4.11. The fourth-order valence-electron chi connectivity index (χ4n) is 2.65. The number of hydrogen-bond acceptors (Lipinski definition) is 4. The molecule has 1 aromatic heterocycles. The molecule has 0 bridgehead atoms. The summed E-state index contributed by atoms with van der Waals surface area (Å²) in [6, 6.07) is 4.41. The molecule has 1 saturated heterocycles. The van der Waals surface area contributed by atoms with Gasteiger partial charge in [-0.05, 0) is 50.8 Å². The zero-order valence-electron chi connectivity index (χ0n) is 12.6. The van der Waals surface area contributed by atoms with Crippen LogP contribution in [0.5, 0.6) is 0 Å². The fourth-order valence-corrected chi connectivity index (χ4v) is 3.57. The smallest absolute Gasteiger partial charge is 0.237 e. The van der Waals surface area contributed by atoms with Gasteiger partial charge in [-0.25, -0.2) is 0 Å². The molecule has 1 fully saturated rings. The molecule has 1 aliphatic heterocycles. The lowest BCUT2D eigenvalue weighted by Gasteiger charge is -2.29.